The number of amides is 1. The average molecular weight is 487 g/mol. The van der Waals surface area contributed by atoms with E-state index < -0.39 is 22.0 Å². The van der Waals surface area contributed by atoms with Gasteiger partial charge in [0.05, 0.1) is 4.90 Å². The predicted octanol–water partition coefficient (Wildman–Crippen LogP) is 4.54. The van der Waals surface area contributed by atoms with Gasteiger partial charge in [-0.05, 0) is 54.3 Å². The normalized spacial score (nSPS) is 12.3. The number of anilines is 1. The maximum atomic E-state index is 13.1. The number of sulfonamides is 1. The second kappa shape index (κ2) is 10.0. The number of nitrogens with one attached hydrogen (secondary N) is 2. The first-order chi connectivity index (χ1) is 14.4. The highest BCUT2D eigenvalue weighted by molar-refractivity contribution is 9.10. The molecule has 0 aliphatic carbocycles. The summed E-state index contributed by atoms with van der Waals surface area (Å²) in [5.41, 5.74) is 2.53. The summed E-state index contributed by atoms with van der Waals surface area (Å²) in [5.74, 6) is -0.402. The molecule has 0 saturated carbocycles. The molecule has 1 amide bonds. The lowest BCUT2D eigenvalue weighted by molar-refractivity contribution is -0.117. The summed E-state index contributed by atoms with van der Waals surface area (Å²) < 4.78 is 29.2. The average Bonchev–Trinajstić information content (AvgIpc) is 2.74. The zero-order valence-corrected chi connectivity index (χ0v) is 18.9. The molecule has 3 rings (SSSR count). The third-order valence-electron chi connectivity index (χ3n) is 4.68. The van der Waals surface area contributed by atoms with Crippen molar-refractivity contribution in [2.24, 2.45) is 0 Å². The fourth-order valence-corrected chi connectivity index (χ4v) is 4.54. The van der Waals surface area contributed by atoms with Crippen molar-refractivity contribution in [1.29, 1.82) is 0 Å². The maximum Gasteiger partial charge on any atom is 0.242 e. The summed E-state index contributed by atoms with van der Waals surface area (Å²) in [7, 11) is -3.88. The van der Waals surface area contributed by atoms with E-state index in [-0.39, 0.29) is 11.3 Å². The Morgan fingerprint density at radius 3 is 2.23 bits per heavy atom. The molecule has 3 aromatic rings. The van der Waals surface area contributed by atoms with E-state index in [1.54, 1.807) is 12.1 Å². The molecule has 0 bridgehead atoms. The van der Waals surface area contributed by atoms with Gasteiger partial charge in [0.25, 0.3) is 0 Å². The van der Waals surface area contributed by atoms with Gasteiger partial charge in [0.1, 0.15) is 6.04 Å². The Bertz CT molecular complexity index is 1100. The van der Waals surface area contributed by atoms with Crippen molar-refractivity contribution in [3.8, 4) is 0 Å². The van der Waals surface area contributed by atoms with Gasteiger partial charge in [0.15, 0.2) is 0 Å². The summed E-state index contributed by atoms with van der Waals surface area (Å²) in [6.45, 7) is 2.00. The van der Waals surface area contributed by atoms with E-state index in [9.17, 15) is 13.2 Å². The van der Waals surface area contributed by atoms with Crippen LogP contribution in [-0.2, 0) is 27.7 Å². The van der Waals surface area contributed by atoms with E-state index in [4.69, 9.17) is 0 Å². The summed E-state index contributed by atoms with van der Waals surface area (Å²) >= 11 is 3.30. The lowest BCUT2D eigenvalue weighted by Gasteiger charge is -2.20. The van der Waals surface area contributed by atoms with Gasteiger partial charge < -0.3 is 5.32 Å². The number of hydrogen-bond donors (Lipinski definition) is 2. The molecule has 30 heavy (non-hydrogen) atoms. The van der Waals surface area contributed by atoms with Crippen molar-refractivity contribution < 1.29 is 13.2 Å². The highest BCUT2D eigenvalue weighted by atomic mass is 79.9. The SMILES string of the molecule is CCc1ccccc1NC(=O)[C@@H](Cc1ccccc1)NS(=O)(=O)c1ccc(Br)cc1. The molecule has 0 aromatic heterocycles. The molecular formula is C23H23BrN2O3S. The van der Waals surface area contributed by atoms with Crippen molar-refractivity contribution >= 4 is 37.5 Å². The quantitative estimate of drug-likeness (QED) is 0.490. The van der Waals surface area contributed by atoms with Crippen LogP contribution in [0.1, 0.15) is 18.1 Å². The molecule has 0 radical (unpaired) electrons. The maximum absolute atomic E-state index is 13.1. The predicted molar refractivity (Wildman–Crippen MR) is 123 cm³/mol. The first-order valence-electron chi connectivity index (χ1n) is 9.59. The van der Waals surface area contributed by atoms with E-state index in [2.05, 4.69) is 26.0 Å². The minimum Gasteiger partial charge on any atom is -0.324 e. The highest BCUT2D eigenvalue weighted by Crippen LogP contribution is 2.18. The number of hydrogen-bond acceptors (Lipinski definition) is 3. The van der Waals surface area contributed by atoms with E-state index in [0.29, 0.717) is 5.69 Å². The molecule has 0 unspecified atom stereocenters. The van der Waals surface area contributed by atoms with Crippen molar-refractivity contribution in [1.82, 2.24) is 4.72 Å². The minimum atomic E-state index is -3.88. The summed E-state index contributed by atoms with van der Waals surface area (Å²) in [5, 5.41) is 2.89. The van der Waals surface area contributed by atoms with E-state index in [1.807, 2.05) is 61.5 Å². The van der Waals surface area contributed by atoms with Gasteiger partial charge in [0, 0.05) is 10.2 Å². The third-order valence-corrected chi connectivity index (χ3v) is 6.69. The molecule has 0 spiro atoms. The lowest BCUT2D eigenvalue weighted by Crippen LogP contribution is -2.45. The van der Waals surface area contributed by atoms with Crippen LogP contribution in [-0.4, -0.2) is 20.4 Å². The molecule has 0 aliphatic rings. The van der Waals surface area contributed by atoms with Crippen LogP contribution in [0.4, 0.5) is 5.69 Å². The van der Waals surface area contributed by atoms with Crippen LogP contribution in [0.2, 0.25) is 0 Å². The van der Waals surface area contributed by atoms with Crippen LogP contribution < -0.4 is 10.0 Å². The van der Waals surface area contributed by atoms with Gasteiger partial charge in [-0.25, -0.2) is 8.42 Å². The lowest BCUT2D eigenvalue weighted by atomic mass is 10.1. The minimum absolute atomic E-state index is 0.102. The van der Waals surface area contributed by atoms with E-state index in [1.165, 1.54) is 12.1 Å². The van der Waals surface area contributed by atoms with Gasteiger partial charge in [-0.2, -0.15) is 4.72 Å². The molecule has 156 valence electrons. The van der Waals surface area contributed by atoms with Gasteiger partial charge in [-0.1, -0.05) is 71.4 Å². The summed E-state index contributed by atoms with van der Waals surface area (Å²) in [4.78, 5) is 13.2. The Balaban J connectivity index is 1.88. The number of para-hydroxylation sites is 1. The van der Waals surface area contributed by atoms with Crippen molar-refractivity contribution in [2.45, 2.75) is 30.7 Å². The van der Waals surface area contributed by atoms with Gasteiger partial charge in [0.2, 0.25) is 15.9 Å². The fraction of sp³-hybridized carbons (Fsp3) is 0.174. The molecular weight excluding hydrogens is 464 g/mol. The number of aryl methyl sites for hydroxylation is 1. The second-order valence-corrected chi connectivity index (χ2v) is 9.45. The zero-order chi connectivity index (χ0) is 21.6. The van der Waals surface area contributed by atoms with Gasteiger partial charge >= 0.3 is 0 Å². The number of carbonyl (C=O) groups is 1. The molecule has 2 N–H and O–H groups in total. The Labute approximate surface area is 185 Å². The topological polar surface area (TPSA) is 75.3 Å². The first-order valence-corrected chi connectivity index (χ1v) is 11.9. The van der Waals surface area contributed by atoms with Crippen LogP contribution in [0.15, 0.2) is 88.2 Å². The smallest absolute Gasteiger partial charge is 0.242 e. The van der Waals surface area contributed by atoms with E-state index >= 15 is 0 Å². The molecule has 1 atom stereocenters. The molecule has 5 nitrogen and oxygen atoms in total. The van der Waals surface area contributed by atoms with Crippen LogP contribution in [0.5, 0.6) is 0 Å². The summed E-state index contributed by atoms with van der Waals surface area (Å²) in [6, 6.07) is 22.2. The fourth-order valence-electron chi connectivity index (χ4n) is 3.08. The zero-order valence-electron chi connectivity index (χ0n) is 16.5. The highest BCUT2D eigenvalue weighted by Gasteiger charge is 2.26. The molecule has 7 heteroatoms. The van der Waals surface area contributed by atoms with Crippen molar-refractivity contribution in [2.75, 3.05) is 5.32 Å². The number of benzene rings is 3. The van der Waals surface area contributed by atoms with Crippen LogP contribution in [0, 0.1) is 0 Å². The summed E-state index contributed by atoms with van der Waals surface area (Å²) in [6.07, 6.45) is 0.987. The molecule has 0 fully saturated rings. The second-order valence-electron chi connectivity index (χ2n) is 6.82. The van der Waals surface area contributed by atoms with E-state index in [0.717, 1.165) is 22.0 Å². The van der Waals surface area contributed by atoms with Crippen LogP contribution >= 0.6 is 15.9 Å². The Morgan fingerprint density at radius 2 is 1.57 bits per heavy atom. The third kappa shape index (κ3) is 5.78. The monoisotopic (exact) mass is 486 g/mol. The number of rotatable bonds is 8. The van der Waals surface area contributed by atoms with Crippen LogP contribution in [0.3, 0.4) is 0 Å². The van der Waals surface area contributed by atoms with Crippen molar-refractivity contribution in [3.05, 3.63) is 94.5 Å². The number of carbonyl (C=O) groups excluding carboxylic acids is 1. The molecule has 3 aromatic carbocycles. The first kappa shape index (κ1) is 22.2. The molecule has 0 saturated heterocycles. The number of halogens is 1. The van der Waals surface area contributed by atoms with Gasteiger partial charge in [-0.15, -0.1) is 0 Å². The largest absolute Gasteiger partial charge is 0.324 e. The Kier molecular flexibility index (Phi) is 7.42. The van der Waals surface area contributed by atoms with Gasteiger partial charge in [-0.3, -0.25) is 4.79 Å². The molecule has 0 aliphatic heterocycles. The molecule has 0 heterocycles. The standard InChI is InChI=1S/C23H23BrN2O3S/c1-2-18-10-6-7-11-21(18)25-23(27)22(16-17-8-4-3-5-9-17)26-30(28,29)20-14-12-19(24)13-15-20/h3-15,22,26H,2,16H2,1H3,(H,25,27)/t22-/m1/s1. The Hall–Kier alpha value is -2.48. The van der Waals surface area contributed by atoms with Crippen LogP contribution in [0.25, 0.3) is 0 Å². The van der Waals surface area contributed by atoms with Crippen molar-refractivity contribution in [3.63, 3.8) is 0 Å². The Morgan fingerprint density at radius 1 is 0.933 bits per heavy atom.